The summed E-state index contributed by atoms with van der Waals surface area (Å²) in [7, 11) is 1.73. The molecule has 3 aliphatic heterocycles. The predicted octanol–water partition coefficient (Wildman–Crippen LogP) is 3.38. The van der Waals surface area contributed by atoms with Gasteiger partial charge in [-0.1, -0.05) is 0 Å². The second-order valence-corrected chi connectivity index (χ2v) is 6.81. The van der Waals surface area contributed by atoms with Crippen LogP contribution in [0.1, 0.15) is 37.4 Å². The van der Waals surface area contributed by atoms with E-state index >= 15 is 0 Å². The number of fused-ring (bicyclic) bond motifs is 3. The number of hydrogen-bond donors (Lipinski definition) is 2. The third-order valence-corrected chi connectivity index (χ3v) is 5.61. The molecule has 23 heavy (non-hydrogen) atoms. The van der Waals surface area contributed by atoms with Crippen molar-refractivity contribution in [2.45, 2.75) is 37.8 Å². The SMILES string of the molecule is COc1ccc2c(c1)[C@H]1OCCC[C@H]1[C@@H](C1CCNCC1)N2.Cl. The summed E-state index contributed by atoms with van der Waals surface area (Å²) in [6, 6.07) is 6.92. The molecule has 2 fully saturated rings. The van der Waals surface area contributed by atoms with Crippen LogP contribution >= 0.6 is 12.4 Å². The Labute approximate surface area is 144 Å². The molecule has 0 aliphatic carbocycles. The van der Waals surface area contributed by atoms with Crippen LogP contribution in [0.15, 0.2) is 18.2 Å². The first-order valence-electron chi connectivity index (χ1n) is 8.63. The normalized spacial score (nSPS) is 30.4. The van der Waals surface area contributed by atoms with Gasteiger partial charge in [-0.15, -0.1) is 12.4 Å². The Balaban J connectivity index is 0.00000156. The molecule has 4 nitrogen and oxygen atoms in total. The molecule has 128 valence electrons. The predicted molar refractivity (Wildman–Crippen MR) is 94.7 cm³/mol. The van der Waals surface area contributed by atoms with Crippen LogP contribution in [0.3, 0.4) is 0 Å². The fourth-order valence-electron chi connectivity index (χ4n) is 4.48. The quantitative estimate of drug-likeness (QED) is 0.867. The number of nitrogens with one attached hydrogen (secondary N) is 2. The zero-order chi connectivity index (χ0) is 14.9. The molecule has 3 heterocycles. The molecule has 0 aromatic heterocycles. The summed E-state index contributed by atoms with van der Waals surface area (Å²) in [4.78, 5) is 0. The van der Waals surface area contributed by atoms with E-state index in [1.54, 1.807) is 7.11 Å². The van der Waals surface area contributed by atoms with Gasteiger partial charge < -0.3 is 20.1 Å². The summed E-state index contributed by atoms with van der Waals surface area (Å²) in [6.45, 7) is 3.18. The van der Waals surface area contributed by atoms with Gasteiger partial charge in [-0.25, -0.2) is 0 Å². The average Bonchev–Trinajstić information content (AvgIpc) is 2.61. The number of ether oxygens (including phenoxy) is 2. The Morgan fingerprint density at radius 2 is 2.00 bits per heavy atom. The highest BCUT2D eigenvalue weighted by atomic mass is 35.5. The van der Waals surface area contributed by atoms with E-state index in [2.05, 4.69) is 28.8 Å². The molecular weight excluding hydrogens is 312 g/mol. The molecule has 3 atom stereocenters. The van der Waals surface area contributed by atoms with Crippen molar-refractivity contribution < 1.29 is 9.47 Å². The minimum atomic E-state index is 0. The molecule has 1 aromatic rings. The van der Waals surface area contributed by atoms with Gasteiger partial charge >= 0.3 is 0 Å². The Morgan fingerprint density at radius 1 is 1.17 bits per heavy atom. The number of anilines is 1. The maximum Gasteiger partial charge on any atom is 0.119 e. The first-order valence-corrected chi connectivity index (χ1v) is 8.63. The average molecular weight is 339 g/mol. The fraction of sp³-hybridized carbons (Fsp3) is 0.667. The molecule has 0 bridgehead atoms. The Hall–Kier alpha value is -0.970. The largest absolute Gasteiger partial charge is 0.497 e. The van der Waals surface area contributed by atoms with E-state index in [9.17, 15) is 0 Å². The summed E-state index contributed by atoms with van der Waals surface area (Å²) in [6.07, 6.45) is 5.23. The number of methoxy groups -OCH3 is 1. The zero-order valence-electron chi connectivity index (χ0n) is 13.7. The minimum Gasteiger partial charge on any atom is -0.497 e. The van der Waals surface area contributed by atoms with Gasteiger partial charge in [-0.2, -0.15) is 0 Å². The molecule has 4 rings (SSSR count). The van der Waals surface area contributed by atoms with Crippen molar-refractivity contribution in [1.82, 2.24) is 5.32 Å². The van der Waals surface area contributed by atoms with Crippen molar-refractivity contribution in [2.24, 2.45) is 11.8 Å². The molecule has 0 unspecified atom stereocenters. The molecule has 1 aromatic carbocycles. The maximum atomic E-state index is 6.22. The van der Waals surface area contributed by atoms with E-state index in [-0.39, 0.29) is 18.5 Å². The number of benzene rings is 1. The zero-order valence-corrected chi connectivity index (χ0v) is 14.5. The van der Waals surface area contributed by atoms with Crippen LogP contribution in [-0.4, -0.2) is 32.8 Å². The molecule has 0 spiro atoms. The van der Waals surface area contributed by atoms with E-state index in [0.717, 1.165) is 31.4 Å². The first kappa shape index (κ1) is 16.9. The van der Waals surface area contributed by atoms with Crippen molar-refractivity contribution in [2.75, 3.05) is 32.1 Å². The lowest BCUT2D eigenvalue weighted by atomic mass is 9.73. The third kappa shape index (κ3) is 3.17. The monoisotopic (exact) mass is 338 g/mol. The van der Waals surface area contributed by atoms with Gasteiger partial charge in [-0.3, -0.25) is 0 Å². The molecule has 2 saturated heterocycles. The van der Waals surface area contributed by atoms with Crippen molar-refractivity contribution in [3.63, 3.8) is 0 Å². The lowest BCUT2D eigenvalue weighted by Gasteiger charge is -2.47. The summed E-state index contributed by atoms with van der Waals surface area (Å²) < 4.78 is 11.6. The van der Waals surface area contributed by atoms with Crippen molar-refractivity contribution in [3.8, 4) is 5.75 Å². The van der Waals surface area contributed by atoms with Gasteiger partial charge in [0.15, 0.2) is 0 Å². The van der Waals surface area contributed by atoms with Gasteiger partial charge in [0, 0.05) is 29.8 Å². The Kier molecular flexibility index (Phi) is 5.34. The van der Waals surface area contributed by atoms with Crippen molar-refractivity contribution in [3.05, 3.63) is 23.8 Å². The van der Waals surface area contributed by atoms with Crippen LogP contribution in [0.25, 0.3) is 0 Å². The van der Waals surface area contributed by atoms with Gasteiger partial charge in [0.05, 0.1) is 13.2 Å². The van der Waals surface area contributed by atoms with Gasteiger partial charge in [0.1, 0.15) is 5.75 Å². The highest BCUT2D eigenvalue weighted by Crippen LogP contribution is 2.47. The van der Waals surface area contributed by atoms with E-state index in [1.807, 2.05) is 0 Å². The van der Waals surface area contributed by atoms with Crippen LogP contribution in [0.2, 0.25) is 0 Å². The Bertz CT molecular complexity index is 534. The van der Waals surface area contributed by atoms with Crippen LogP contribution in [0.5, 0.6) is 5.75 Å². The number of hydrogen-bond acceptors (Lipinski definition) is 4. The second kappa shape index (κ2) is 7.29. The van der Waals surface area contributed by atoms with E-state index in [1.165, 1.54) is 36.9 Å². The first-order chi connectivity index (χ1) is 10.9. The third-order valence-electron chi connectivity index (χ3n) is 5.61. The highest BCUT2D eigenvalue weighted by molar-refractivity contribution is 5.85. The molecule has 5 heteroatoms. The standard InChI is InChI=1S/C18H26N2O2.ClH/c1-21-13-4-5-16-15(11-13)18-14(3-2-10-22-18)17(20-16)12-6-8-19-9-7-12;/h4-5,11-12,14,17-20H,2-3,6-10H2,1H3;1H/t14-,17+,18-;/m0./s1. The smallest absolute Gasteiger partial charge is 0.119 e. The van der Waals surface area contributed by atoms with Crippen LogP contribution in [0, 0.1) is 11.8 Å². The number of rotatable bonds is 2. The molecular formula is C18H27ClN2O2. The van der Waals surface area contributed by atoms with Crippen molar-refractivity contribution >= 4 is 18.1 Å². The molecule has 3 aliphatic rings. The molecule has 0 radical (unpaired) electrons. The Morgan fingerprint density at radius 3 is 2.78 bits per heavy atom. The number of halogens is 1. The van der Waals surface area contributed by atoms with Crippen LogP contribution in [-0.2, 0) is 4.74 Å². The second-order valence-electron chi connectivity index (χ2n) is 6.81. The van der Waals surface area contributed by atoms with Crippen molar-refractivity contribution in [1.29, 1.82) is 0 Å². The van der Waals surface area contributed by atoms with Crippen LogP contribution < -0.4 is 15.4 Å². The lowest BCUT2D eigenvalue weighted by molar-refractivity contribution is -0.0455. The maximum absolute atomic E-state index is 6.22. The van der Waals surface area contributed by atoms with Crippen LogP contribution in [0.4, 0.5) is 5.69 Å². The van der Waals surface area contributed by atoms with Gasteiger partial charge in [0.25, 0.3) is 0 Å². The summed E-state index contributed by atoms with van der Waals surface area (Å²) in [5, 5.41) is 7.34. The fourth-order valence-corrected chi connectivity index (χ4v) is 4.48. The van der Waals surface area contributed by atoms with E-state index in [4.69, 9.17) is 9.47 Å². The summed E-state index contributed by atoms with van der Waals surface area (Å²) in [5.74, 6) is 2.27. The highest BCUT2D eigenvalue weighted by Gasteiger charge is 2.42. The molecule has 0 saturated carbocycles. The topological polar surface area (TPSA) is 42.5 Å². The lowest BCUT2D eigenvalue weighted by Crippen LogP contribution is -2.48. The van der Waals surface area contributed by atoms with Gasteiger partial charge in [-0.05, 0) is 62.9 Å². The minimum absolute atomic E-state index is 0. The number of piperidine rings is 1. The molecule has 2 N–H and O–H groups in total. The van der Waals surface area contributed by atoms with E-state index < -0.39 is 0 Å². The van der Waals surface area contributed by atoms with E-state index in [0.29, 0.717) is 12.0 Å². The summed E-state index contributed by atoms with van der Waals surface area (Å²) in [5.41, 5.74) is 2.53. The summed E-state index contributed by atoms with van der Waals surface area (Å²) >= 11 is 0. The van der Waals surface area contributed by atoms with Gasteiger partial charge in [0.2, 0.25) is 0 Å². The molecule has 0 amide bonds.